The van der Waals surface area contributed by atoms with Gasteiger partial charge < -0.3 is 19.1 Å². The van der Waals surface area contributed by atoms with Gasteiger partial charge in [-0.3, -0.25) is 4.79 Å². The number of alkyl halides is 3. The Bertz CT molecular complexity index is 916. The van der Waals surface area contributed by atoms with E-state index in [2.05, 4.69) is 10.4 Å². The Labute approximate surface area is 223 Å². The lowest BCUT2D eigenvalue weighted by molar-refractivity contribution is -0.202. The number of rotatable bonds is 10. The van der Waals surface area contributed by atoms with E-state index in [1.165, 1.54) is 0 Å². The quantitative estimate of drug-likeness (QED) is 0.345. The molecule has 0 radical (unpaired) electrons. The number of carbonyl (C=O) groups excluding carboxylic acids is 1. The van der Waals surface area contributed by atoms with E-state index in [9.17, 15) is 22.2 Å². The van der Waals surface area contributed by atoms with Crippen molar-refractivity contribution in [2.24, 2.45) is 0 Å². The molecule has 0 saturated carbocycles. The summed E-state index contributed by atoms with van der Waals surface area (Å²) in [6, 6.07) is 7.21. The third kappa shape index (κ3) is 7.81. The van der Waals surface area contributed by atoms with E-state index in [-0.39, 0.29) is 13.0 Å². The molecule has 2 atom stereocenters. The van der Waals surface area contributed by atoms with Crippen LogP contribution >= 0.6 is 0 Å². The summed E-state index contributed by atoms with van der Waals surface area (Å²) in [4.78, 5) is 20.9. The van der Waals surface area contributed by atoms with Gasteiger partial charge in [0.05, 0.1) is 6.61 Å². The van der Waals surface area contributed by atoms with Gasteiger partial charge in [0.15, 0.2) is 6.29 Å². The molecule has 3 saturated heterocycles. The van der Waals surface area contributed by atoms with Crippen LogP contribution in [0, 0.1) is 0 Å². The van der Waals surface area contributed by atoms with Crippen molar-refractivity contribution in [3.05, 3.63) is 24.3 Å². The average molecular weight is 564 g/mol. The van der Waals surface area contributed by atoms with E-state index in [1.54, 1.807) is 12.1 Å². The van der Waals surface area contributed by atoms with Crippen molar-refractivity contribution >= 4 is 22.6 Å². The van der Waals surface area contributed by atoms with Gasteiger partial charge in [0.2, 0.25) is 0 Å². The van der Waals surface area contributed by atoms with Gasteiger partial charge in [0.25, 0.3) is 5.91 Å². The monoisotopic (exact) mass is 563 g/mol. The average Bonchev–Trinajstić information content (AvgIpc) is 2.94. The molecule has 3 fully saturated rings. The number of hydroxylamine groups is 1. The number of nitrogens with zero attached hydrogens (tertiary/aromatic N) is 2. The van der Waals surface area contributed by atoms with Gasteiger partial charge in [-0.25, -0.2) is 18.8 Å². The Hall–Kier alpha value is -1.93. The molecule has 13 heteroatoms. The topological polar surface area (TPSA) is 89.6 Å². The molecule has 0 aliphatic carbocycles. The van der Waals surface area contributed by atoms with Crippen LogP contribution in [0.25, 0.3) is 0 Å². The molecule has 3 heterocycles. The lowest BCUT2D eigenvalue weighted by Crippen LogP contribution is -2.60. The molecular weight excluding hydrogens is 527 g/mol. The molecule has 3 aliphatic rings. The number of hydrogen-bond donors (Lipinski definition) is 1. The molecule has 0 bridgehead atoms. The molecule has 1 aromatic carbocycles. The number of hydrogen-bond acceptors (Lipinski definition) is 7. The summed E-state index contributed by atoms with van der Waals surface area (Å²) < 4.78 is 67.7. The van der Waals surface area contributed by atoms with Crippen molar-refractivity contribution in [1.29, 1.82) is 0 Å². The summed E-state index contributed by atoms with van der Waals surface area (Å²) >= 11 is 0. The Kier molecular flexibility index (Phi) is 10.3. The Morgan fingerprint density at radius 3 is 2.42 bits per heavy atom. The van der Waals surface area contributed by atoms with Crippen LogP contribution < -0.4 is 15.1 Å². The second-order valence-electron chi connectivity index (χ2n) is 9.68. The second kappa shape index (κ2) is 13.4. The maximum atomic E-state index is 13.8. The molecule has 38 heavy (non-hydrogen) atoms. The third-order valence-electron chi connectivity index (χ3n) is 7.02. The third-order valence-corrected chi connectivity index (χ3v) is 9.11. The minimum atomic E-state index is -4.18. The zero-order valence-electron chi connectivity index (χ0n) is 21.4. The molecule has 1 N–H and O–H groups in total. The van der Waals surface area contributed by atoms with Crippen LogP contribution in [0.3, 0.4) is 0 Å². The first-order valence-corrected chi connectivity index (χ1v) is 14.2. The van der Waals surface area contributed by atoms with Gasteiger partial charge >= 0.3 is 6.18 Å². The zero-order chi connectivity index (χ0) is 27.0. The fourth-order valence-electron chi connectivity index (χ4n) is 4.77. The summed E-state index contributed by atoms with van der Waals surface area (Å²) in [6.07, 6.45) is -2.31. The lowest BCUT2D eigenvalue weighted by atomic mass is 9.98. The van der Waals surface area contributed by atoms with Crippen LogP contribution in [-0.2, 0) is 30.1 Å². The maximum Gasteiger partial charge on any atom is 0.389 e. The van der Waals surface area contributed by atoms with Crippen molar-refractivity contribution in [3.8, 4) is 5.75 Å². The predicted octanol–water partition coefficient (Wildman–Crippen LogP) is 3.32. The zero-order valence-corrected chi connectivity index (χ0v) is 22.2. The van der Waals surface area contributed by atoms with Crippen LogP contribution in [0.2, 0.25) is 0 Å². The summed E-state index contributed by atoms with van der Waals surface area (Å²) in [7, 11) is -1.58. The van der Waals surface area contributed by atoms with Gasteiger partial charge in [-0.05, 0) is 56.4 Å². The number of carbonyl (C=O) groups is 1. The number of piperazine rings is 1. The second-order valence-corrected chi connectivity index (χ2v) is 11.5. The molecule has 0 aromatic heterocycles. The van der Waals surface area contributed by atoms with E-state index >= 15 is 0 Å². The number of benzene rings is 1. The first kappa shape index (κ1) is 29.1. The van der Waals surface area contributed by atoms with Crippen molar-refractivity contribution in [2.75, 3.05) is 57.5 Å². The Morgan fingerprint density at radius 1 is 1.08 bits per heavy atom. The minimum absolute atomic E-state index is 0.00241. The number of nitrogens with one attached hydrogen (secondary N) is 1. The van der Waals surface area contributed by atoms with Crippen LogP contribution in [0.15, 0.2) is 24.3 Å². The fraction of sp³-hybridized carbons (Fsp3) is 0.720. The highest BCUT2D eigenvalue weighted by molar-refractivity contribution is 7.85. The van der Waals surface area contributed by atoms with Crippen molar-refractivity contribution in [2.45, 2.75) is 62.2 Å². The van der Waals surface area contributed by atoms with Gasteiger partial charge in [0.1, 0.15) is 21.5 Å². The highest BCUT2D eigenvalue weighted by atomic mass is 32.2. The number of amides is 1. The van der Waals surface area contributed by atoms with Crippen LogP contribution in [-0.4, -0.2) is 84.2 Å². The Morgan fingerprint density at radius 2 is 1.79 bits per heavy atom. The molecule has 214 valence electrons. The van der Waals surface area contributed by atoms with E-state index in [1.807, 2.05) is 16.4 Å². The number of ether oxygens (including phenoxy) is 3. The Balaban J connectivity index is 1.28. The summed E-state index contributed by atoms with van der Waals surface area (Å²) in [6.45, 7) is 3.52. The molecule has 1 amide bonds. The van der Waals surface area contributed by atoms with Crippen LogP contribution in [0.1, 0.15) is 44.9 Å². The highest BCUT2D eigenvalue weighted by Crippen LogP contribution is 2.32. The number of halogens is 3. The van der Waals surface area contributed by atoms with E-state index in [0.29, 0.717) is 71.0 Å². The summed E-state index contributed by atoms with van der Waals surface area (Å²) in [5.74, 6) is 0.116. The largest absolute Gasteiger partial charge is 0.494 e. The molecule has 2 unspecified atom stereocenters. The molecule has 9 nitrogen and oxygen atoms in total. The smallest absolute Gasteiger partial charge is 0.389 e. The van der Waals surface area contributed by atoms with Gasteiger partial charge in [0, 0.05) is 64.5 Å². The van der Waals surface area contributed by atoms with E-state index < -0.39 is 40.5 Å². The van der Waals surface area contributed by atoms with Crippen LogP contribution in [0.4, 0.5) is 18.9 Å². The normalized spacial score (nSPS) is 23.6. The molecule has 4 rings (SSSR count). The van der Waals surface area contributed by atoms with Crippen molar-refractivity contribution < 1.29 is 41.2 Å². The molecule has 0 spiro atoms. The molecule has 1 aromatic rings. The van der Waals surface area contributed by atoms with Crippen molar-refractivity contribution in [3.63, 3.8) is 0 Å². The maximum absolute atomic E-state index is 13.8. The predicted molar refractivity (Wildman–Crippen MR) is 135 cm³/mol. The van der Waals surface area contributed by atoms with Gasteiger partial charge in [-0.15, -0.1) is 0 Å². The van der Waals surface area contributed by atoms with Gasteiger partial charge in [-0.2, -0.15) is 13.2 Å². The summed E-state index contributed by atoms with van der Waals surface area (Å²) in [5.41, 5.74) is 3.47. The SMILES string of the molecule is O=C(NOC1CCCCO1)C1(S(=O)N2CCN(c3ccc(OCCCC(F)(F)F)cc3)CC2)CCOCC1. The van der Waals surface area contributed by atoms with Crippen molar-refractivity contribution in [1.82, 2.24) is 9.79 Å². The molecule has 3 aliphatic heterocycles. The summed E-state index contributed by atoms with van der Waals surface area (Å²) in [5, 5.41) is 0. The first-order chi connectivity index (χ1) is 18.3. The van der Waals surface area contributed by atoms with Gasteiger partial charge in [-0.1, -0.05) is 0 Å². The van der Waals surface area contributed by atoms with Crippen LogP contribution in [0.5, 0.6) is 5.75 Å². The number of anilines is 1. The fourth-order valence-corrected chi connectivity index (χ4v) is 6.48. The van der Waals surface area contributed by atoms with E-state index in [4.69, 9.17) is 19.0 Å². The molecular formula is C25H36F3N3O6S. The minimum Gasteiger partial charge on any atom is -0.494 e. The first-order valence-electron chi connectivity index (χ1n) is 13.1. The lowest BCUT2D eigenvalue weighted by Gasteiger charge is -2.41. The van der Waals surface area contributed by atoms with E-state index in [0.717, 1.165) is 18.5 Å². The highest BCUT2D eigenvalue weighted by Gasteiger charge is 2.49. The standard InChI is InChI=1S/C25H36F3N3O6S/c26-25(27,28)9-3-17-35-21-7-5-20(6-8-21)30-12-14-31(15-13-30)38(33)24(10-18-34-19-11-24)23(32)29-37-22-4-1-2-16-36-22/h5-8,22H,1-4,9-19H2,(H,29,32).